The molecule has 0 amide bonds. The smallest absolute Gasteiger partial charge is 0.220 e. The lowest BCUT2D eigenvalue weighted by atomic mass is 10.0. The van der Waals surface area contributed by atoms with Crippen molar-refractivity contribution in [3.05, 3.63) is 47.2 Å². The Kier molecular flexibility index (Phi) is 4.68. The molecule has 4 heteroatoms. The van der Waals surface area contributed by atoms with Gasteiger partial charge in [-0.1, -0.05) is 38.1 Å². The minimum Gasteiger partial charge on any atom is -0.425 e. The Bertz CT molecular complexity index is 502. The molecule has 1 aromatic carbocycles. The van der Waals surface area contributed by atoms with Crippen molar-refractivity contribution in [2.45, 2.75) is 39.0 Å². The van der Waals surface area contributed by atoms with Gasteiger partial charge >= 0.3 is 0 Å². The second kappa shape index (κ2) is 6.48. The lowest BCUT2D eigenvalue weighted by Gasteiger charge is -2.05. The highest BCUT2D eigenvalue weighted by molar-refractivity contribution is 5.26. The van der Waals surface area contributed by atoms with E-state index < -0.39 is 0 Å². The van der Waals surface area contributed by atoms with Gasteiger partial charge in [0.15, 0.2) is 0 Å². The second-order valence-electron chi connectivity index (χ2n) is 5.05. The normalized spacial score (nSPS) is 11.2. The number of hydrogen-bond donors (Lipinski definition) is 1. The molecule has 19 heavy (non-hydrogen) atoms. The van der Waals surface area contributed by atoms with Crippen LogP contribution >= 0.6 is 0 Å². The average molecular weight is 259 g/mol. The van der Waals surface area contributed by atoms with Crippen LogP contribution in [-0.2, 0) is 12.8 Å². The van der Waals surface area contributed by atoms with Gasteiger partial charge < -0.3 is 10.2 Å². The average Bonchev–Trinajstić information content (AvgIpc) is 2.84. The number of aromatic nitrogens is 2. The van der Waals surface area contributed by atoms with Gasteiger partial charge in [0.1, 0.15) is 0 Å². The summed E-state index contributed by atoms with van der Waals surface area (Å²) in [7, 11) is 0. The predicted molar refractivity (Wildman–Crippen MR) is 75.0 cm³/mol. The van der Waals surface area contributed by atoms with Crippen molar-refractivity contribution >= 4 is 0 Å². The summed E-state index contributed by atoms with van der Waals surface area (Å²) in [5.41, 5.74) is 7.99. The van der Waals surface area contributed by atoms with Crippen molar-refractivity contribution in [1.82, 2.24) is 10.2 Å². The molecule has 2 N–H and O–H groups in total. The van der Waals surface area contributed by atoms with Gasteiger partial charge in [0.05, 0.1) is 6.42 Å². The van der Waals surface area contributed by atoms with E-state index in [0.29, 0.717) is 30.7 Å². The summed E-state index contributed by atoms with van der Waals surface area (Å²) in [6, 6.07) is 8.57. The van der Waals surface area contributed by atoms with Gasteiger partial charge in [-0.25, -0.2) is 0 Å². The summed E-state index contributed by atoms with van der Waals surface area (Å²) in [6.45, 7) is 5.03. The maximum atomic E-state index is 5.59. The largest absolute Gasteiger partial charge is 0.425 e. The molecule has 0 spiro atoms. The number of benzene rings is 1. The van der Waals surface area contributed by atoms with E-state index in [1.165, 1.54) is 11.1 Å². The maximum Gasteiger partial charge on any atom is 0.220 e. The van der Waals surface area contributed by atoms with Gasteiger partial charge in [0.2, 0.25) is 11.8 Å². The summed E-state index contributed by atoms with van der Waals surface area (Å²) in [4.78, 5) is 0. The van der Waals surface area contributed by atoms with Gasteiger partial charge in [-0.15, -0.1) is 10.2 Å². The summed E-state index contributed by atoms with van der Waals surface area (Å²) in [5.74, 6) is 1.91. The molecule has 0 atom stereocenters. The summed E-state index contributed by atoms with van der Waals surface area (Å²) in [6.07, 6.45) is 2.33. The van der Waals surface area contributed by atoms with Crippen LogP contribution in [0.4, 0.5) is 0 Å². The molecule has 0 fully saturated rings. The molecule has 0 aliphatic heterocycles. The van der Waals surface area contributed by atoms with E-state index in [-0.39, 0.29) is 0 Å². The SMILES string of the molecule is CC(C)c1ccc(Cc2nnc(CCCN)o2)cc1. The van der Waals surface area contributed by atoms with E-state index in [1.54, 1.807) is 0 Å². The Labute approximate surface area is 114 Å². The molecule has 0 radical (unpaired) electrons. The highest BCUT2D eigenvalue weighted by atomic mass is 16.4. The van der Waals surface area contributed by atoms with Crippen LogP contribution in [0, 0.1) is 0 Å². The first-order valence-electron chi connectivity index (χ1n) is 6.79. The topological polar surface area (TPSA) is 64.9 Å². The summed E-state index contributed by atoms with van der Waals surface area (Å²) >= 11 is 0. The third-order valence-corrected chi connectivity index (χ3v) is 3.11. The molecule has 0 saturated carbocycles. The Morgan fingerprint density at radius 1 is 1.11 bits per heavy atom. The van der Waals surface area contributed by atoms with E-state index in [9.17, 15) is 0 Å². The first-order chi connectivity index (χ1) is 9.19. The van der Waals surface area contributed by atoms with Crippen molar-refractivity contribution in [1.29, 1.82) is 0 Å². The number of nitrogens with zero attached hydrogens (tertiary/aromatic N) is 2. The van der Waals surface area contributed by atoms with E-state index in [4.69, 9.17) is 10.2 Å². The Morgan fingerprint density at radius 3 is 2.42 bits per heavy atom. The van der Waals surface area contributed by atoms with E-state index in [1.807, 2.05) is 0 Å². The number of nitrogens with two attached hydrogens (primary N) is 1. The quantitative estimate of drug-likeness (QED) is 0.866. The fraction of sp³-hybridized carbons (Fsp3) is 0.467. The van der Waals surface area contributed by atoms with Crippen LogP contribution in [0.2, 0.25) is 0 Å². The van der Waals surface area contributed by atoms with Crippen LogP contribution in [-0.4, -0.2) is 16.7 Å². The van der Waals surface area contributed by atoms with Crippen LogP contribution in [0.15, 0.2) is 28.7 Å². The van der Waals surface area contributed by atoms with E-state index in [2.05, 4.69) is 48.3 Å². The van der Waals surface area contributed by atoms with Gasteiger partial charge in [-0.05, 0) is 30.0 Å². The molecule has 2 aromatic rings. The molecule has 0 saturated heterocycles. The first-order valence-corrected chi connectivity index (χ1v) is 6.79. The van der Waals surface area contributed by atoms with Crippen LogP contribution in [0.3, 0.4) is 0 Å². The maximum absolute atomic E-state index is 5.59. The van der Waals surface area contributed by atoms with Gasteiger partial charge in [-0.2, -0.15) is 0 Å². The minimum atomic E-state index is 0.556. The zero-order valence-electron chi connectivity index (χ0n) is 11.6. The molecule has 102 valence electrons. The molecular formula is C15H21N3O. The Balaban J connectivity index is 1.98. The van der Waals surface area contributed by atoms with Crippen molar-refractivity contribution in [3.8, 4) is 0 Å². The van der Waals surface area contributed by atoms with E-state index >= 15 is 0 Å². The number of hydrogen-bond acceptors (Lipinski definition) is 4. The molecule has 0 aliphatic rings. The highest BCUT2D eigenvalue weighted by Crippen LogP contribution is 2.16. The highest BCUT2D eigenvalue weighted by Gasteiger charge is 2.07. The minimum absolute atomic E-state index is 0.556. The van der Waals surface area contributed by atoms with Crippen LogP contribution < -0.4 is 5.73 Å². The molecule has 4 nitrogen and oxygen atoms in total. The molecular weight excluding hydrogens is 238 g/mol. The molecule has 1 aromatic heterocycles. The van der Waals surface area contributed by atoms with Crippen molar-refractivity contribution in [2.24, 2.45) is 5.73 Å². The Morgan fingerprint density at radius 2 is 1.79 bits per heavy atom. The number of aryl methyl sites for hydroxylation is 1. The fourth-order valence-electron chi connectivity index (χ4n) is 1.91. The van der Waals surface area contributed by atoms with Crippen molar-refractivity contribution in [2.75, 3.05) is 6.54 Å². The van der Waals surface area contributed by atoms with E-state index in [0.717, 1.165) is 12.8 Å². The molecule has 0 bridgehead atoms. The standard InChI is InChI=1S/C15H21N3O/c1-11(2)13-7-5-12(6-8-13)10-15-18-17-14(19-15)4-3-9-16/h5-8,11H,3-4,9-10,16H2,1-2H3. The van der Waals surface area contributed by atoms with Gasteiger partial charge in [0.25, 0.3) is 0 Å². The predicted octanol–water partition coefficient (Wildman–Crippen LogP) is 2.68. The molecule has 1 heterocycles. The molecule has 0 unspecified atom stereocenters. The lowest BCUT2D eigenvalue weighted by Crippen LogP contribution is -2.00. The van der Waals surface area contributed by atoms with Gasteiger partial charge in [-0.3, -0.25) is 0 Å². The zero-order valence-corrected chi connectivity index (χ0v) is 11.6. The van der Waals surface area contributed by atoms with Crippen LogP contribution in [0.25, 0.3) is 0 Å². The second-order valence-corrected chi connectivity index (χ2v) is 5.05. The fourth-order valence-corrected chi connectivity index (χ4v) is 1.91. The van der Waals surface area contributed by atoms with Crippen molar-refractivity contribution < 1.29 is 4.42 Å². The summed E-state index contributed by atoms with van der Waals surface area (Å²) < 4.78 is 5.59. The Hall–Kier alpha value is -1.68. The third-order valence-electron chi connectivity index (χ3n) is 3.11. The lowest BCUT2D eigenvalue weighted by molar-refractivity contribution is 0.453. The van der Waals surface area contributed by atoms with Crippen LogP contribution in [0.1, 0.15) is 49.1 Å². The third kappa shape index (κ3) is 3.89. The van der Waals surface area contributed by atoms with Crippen LogP contribution in [0.5, 0.6) is 0 Å². The monoisotopic (exact) mass is 259 g/mol. The first kappa shape index (κ1) is 13.7. The zero-order chi connectivity index (χ0) is 13.7. The van der Waals surface area contributed by atoms with Gasteiger partial charge in [0, 0.05) is 6.42 Å². The molecule has 2 rings (SSSR count). The van der Waals surface area contributed by atoms with Crippen molar-refractivity contribution in [3.63, 3.8) is 0 Å². The molecule has 0 aliphatic carbocycles. The summed E-state index contributed by atoms with van der Waals surface area (Å²) in [5, 5.41) is 8.09. The number of rotatable bonds is 6.